The average Bonchev–Trinajstić information content (AvgIpc) is 3.17. The molecule has 3 N–H and O–H groups in total. The SMILES string of the molecule is C[C@]12CC[C@H]3[C@H](CCC4=CC(=NOCC(=O)N[C@H](C(=O)O)c5ccccc5)CC[C@@]43C)[C@@H]1CC[C@@H]2O. The number of rotatable bonds is 6. The molecule has 1 aromatic rings. The maximum absolute atomic E-state index is 12.3. The number of hydrogen-bond donors (Lipinski definition) is 3. The zero-order valence-corrected chi connectivity index (χ0v) is 21.3. The van der Waals surface area contributed by atoms with Crippen LogP contribution < -0.4 is 5.32 Å². The normalized spacial score (nSPS) is 37.2. The van der Waals surface area contributed by atoms with E-state index in [9.17, 15) is 19.8 Å². The molecule has 0 radical (unpaired) electrons. The molecule has 3 fully saturated rings. The van der Waals surface area contributed by atoms with Crippen LogP contribution in [0.3, 0.4) is 0 Å². The summed E-state index contributed by atoms with van der Waals surface area (Å²) in [5, 5.41) is 26.9. The summed E-state index contributed by atoms with van der Waals surface area (Å²) < 4.78 is 0. The zero-order chi connectivity index (χ0) is 25.5. The number of fused-ring (bicyclic) bond motifs is 5. The van der Waals surface area contributed by atoms with E-state index in [1.165, 1.54) is 18.4 Å². The van der Waals surface area contributed by atoms with E-state index >= 15 is 0 Å². The first kappa shape index (κ1) is 25.0. The molecule has 0 unspecified atom stereocenters. The van der Waals surface area contributed by atoms with Gasteiger partial charge in [0.2, 0.25) is 0 Å². The van der Waals surface area contributed by atoms with Crippen molar-refractivity contribution in [3.05, 3.63) is 47.5 Å². The molecule has 0 aromatic heterocycles. The Morgan fingerprint density at radius 1 is 1.08 bits per heavy atom. The number of aliphatic hydroxyl groups is 1. The third-order valence-electron chi connectivity index (χ3n) is 9.99. The minimum Gasteiger partial charge on any atom is -0.479 e. The molecule has 7 nitrogen and oxygen atoms in total. The van der Waals surface area contributed by atoms with Gasteiger partial charge in [-0.2, -0.15) is 0 Å². The smallest absolute Gasteiger partial charge is 0.330 e. The molecule has 0 bridgehead atoms. The van der Waals surface area contributed by atoms with Crippen LogP contribution in [0.15, 0.2) is 47.1 Å². The maximum atomic E-state index is 12.3. The molecule has 0 saturated heterocycles. The molecule has 0 aliphatic heterocycles. The number of hydrogen-bond acceptors (Lipinski definition) is 5. The number of amides is 1. The minimum atomic E-state index is -1.12. The second-order valence-electron chi connectivity index (χ2n) is 11.7. The van der Waals surface area contributed by atoms with Gasteiger partial charge in [-0.1, -0.05) is 54.9 Å². The van der Waals surface area contributed by atoms with Crippen LogP contribution in [0.2, 0.25) is 0 Å². The van der Waals surface area contributed by atoms with Crippen LogP contribution in [-0.2, 0) is 14.4 Å². The second kappa shape index (κ2) is 9.66. The lowest BCUT2D eigenvalue weighted by molar-refractivity contribution is -0.142. The zero-order valence-electron chi connectivity index (χ0n) is 21.3. The number of carbonyl (C=O) groups excluding carboxylic acids is 1. The quantitative estimate of drug-likeness (QED) is 0.500. The first-order valence-electron chi connectivity index (χ1n) is 13.4. The van der Waals surface area contributed by atoms with E-state index in [1.54, 1.807) is 30.3 Å². The van der Waals surface area contributed by atoms with Gasteiger partial charge >= 0.3 is 5.97 Å². The number of carboxylic acids is 1. The summed E-state index contributed by atoms with van der Waals surface area (Å²) in [7, 11) is 0. The van der Waals surface area contributed by atoms with Crippen molar-refractivity contribution in [2.45, 2.75) is 77.4 Å². The maximum Gasteiger partial charge on any atom is 0.330 e. The van der Waals surface area contributed by atoms with Gasteiger partial charge in [0.1, 0.15) is 0 Å². The number of oxime groups is 1. The van der Waals surface area contributed by atoms with E-state index in [4.69, 9.17) is 4.84 Å². The number of allylic oxidation sites excluding steroid dienone is 2. The predicted molar refractivity (Wildman–Crippen MR) is 136 cm³/mol. The molecule has 7 atom stereocenters. The number of aliphatic carboxylic acids is 1. The molecule has 4 aliphatic rings. The van der Waals surface area contributed by atoms with Gasteiger partial charge in [-0.3, -0.25) is 4.79 Å². The molecular formula is C29H38N2O5. The van der Waals surface area contributed by atoms with E-state index in [-0.39, 0.29) is 23.5 Å². The number of carbonyl (C=O) groups is 2. The van der Waals surface area contributed by atoms with Crippen LogP contribution in [0, 0.1) is 28.6 Å². The standard InChI is InChI=1S/C29H38N2O5/c1-28-14-12-20(31-36-17-25(33)30-26(27(34)35)18-6-4-3-5-7-18)16-19(28)8-9-21-22-10-11-24(32)29(22,2)15-13-23(21)28/h3-7,16,21-24,26,32H,8-15,17H2,1-2H3,(H,30,33)(H,34,35)/t21-,22+,23+,24+,26+,28+,29+/m1/s1. The van der Waals surface area contributed by atoms with E-state index in [2.05, 4.69) is 30.4 Å². The Bertz CT molecular complexity index is 1070. The van der Waals surface area contributed by atoms with Gasteiger partial charge in [0.25, 0.3) is 5.91 Å². The van der Waals surface area contributed by atoms with Gasteiger partial charge < -0.3 is 20.4 Å². The molecule has 5 rings (SSSR count). The van der Waals surface area contributed by atoms with Crippen LogP contribution in [0.4, 0.5) is 0 Å². The third kappa shape index (κ3) is 4.36. The highest BCUT2D eigenvalue weighted by Crippen LogP contribution is 2.65. The van der Waals surface area contributed by atoms with Crippen molar-refractivity contribution in [3.63, 3.8) is 0 Å². The molecule has 0 spiro atoms. The second-order valence-corrected chi connectivity index (χ2v) is 11.7. The van der Waals surface area contributed by atoms with Gasteiger partial charge in [-0.25, -0.2) is 4.79 Å². The van der Waals surface area contributed by atoms with Gasteiger partial charge in [0.05, 0.1) is 11.8 Å². The van der Waals surface area contributed by atoms with Crippen molar-refractivity contribution < 1.29 is 24.6 Å². The van der Waals surface area contributed by atoms with E-state index in [1.807, 2.05) is 0 Å². The number of nitrogens with one attached hydrogen (secondary N) is 1. The fourth-order valence-electron chi connectivity index (χ4n) is 7.93. The van der Waals surface area contributed by atoms with Gasteiger partial charge in [0, 0.05) is 0 Å². The lowest BCUT2D eigenvalue weighted by Gasteiger charge is -2.57. The Morgan fingerprint density at radius 3 is 2.61 bits per heavy atom. The van der Waals surface area contributed by atoms with Crippen molar-refractivity contribution in [2.75, 3.05) is 6.61 Å². The molecule has 194 valence electrons. The molecule has 1 aromatic carbocycles. The summed E-state index contributed by atoms with van der Waals surface area (Å²) in [4.78, 5) is 29.3. The predicted octanol–water partition coefficient (Wildman–Crippen LogP) is 4.62. The molecule has 4 aliphatic carbocycles. The highest BCUT2D eigenvalue weighted by atomic mass is 16.6. The van der Waals surface area contributed by atoms with Gasteiger partial charge in [-0.15, -0.1) is 0 Å². The summed E-state index contributed by atoms with van der Waals surface area (Å²) in [6, 6.07) is 7.48. The molecule has 36 heavy (non-hydrogen) atoms. The number of aliphatic hydroxyl groups excluding tert-OH is 1. The highest BCUT2D eigenvalue weighted by Gasteiger charge is 2.58. The van der Waals surface area contributed by atoms with E-state index < -0.39 is 17.9 Å². The van der Waals surface area contributed by atoms with Crippen LogP contribution in [0.1, 0.15) is 76.8 Å². The first-order chi connectivity index (χ1) is 17.2. The third-order valence-corrected chi connectivity index (χ3v) is 9.99. The molecule has 1 amide bonds. The molecule has 0 heterocycles. The fraction of sp³-hybridized carbons (Fsp3) is 0.621. The molecule has 7 heteroatoms. The fourth-order valence-corrected chi connectivity index (χ4v) is 7.93. The van der Waals surface area contributed by atoms with Crippen LogP contribution in [0.25, 0.3) is 0 Å². The summed E-state index contributed by atoms with van der Waals surface area (Å²) >= 11 is 0. The van der Waals surface area contributed by atoms with Crippen molar-refractivity contribution in [1.82, 2.24) is 5.32 Å². The number of carboxylic acid groups (broad SMARTS) is 1. The van der Waals surface area contributed by atoms with E-state index in [0.717, 1.165) is 44.2 Å². The Kier molecular flexibility index (Phi) is 6.70. The average molecular weight is 495 g/mol. The largest absolute Gasteiger partial charge is 0.479 e. The Hall–Kier alpha value is -2.67. The Labute approximate surface area is 213 Å². The molecular weight excluding hydrogens is 456 g/mol. The summed E-state index contributed by atoms with van der Waals surface area (Å²) in [6.45, 7) is 4.41. The van der Waals surface area contributed by atoms with Gasteiger partial charge in [-0.05, 0) is 91.6 Å². The summed E-state index contributed by atoms with van der Waals surface area (Å²) in [5.74, 6) is 0.330. The Balaban J connectivity index is 1.21. The highest BCUT2D eigenvalue weighted by molar-refractivity contribution is 5.96. The van der Waals surface area contributed by atoms with Crippen LogP contribution in [-0.4, -0.2) is 40.5 Å². The van der Waals surface area contributed by atoms with Gasteiger partial charge in [0.15, 0.2) is 12.6 Å². The first-order valence-corrected chi connectivity index (χ1v) is 13.4. The van der Waals surface area contributed by atoms with Crippen molar-refractivity contribution in [3.8, 4) is 0 Å². The minimum absolute atomic E-state index is 0.0919. The number of benzene rings is 1. The number of nitrogens with zero attached hydrogens (tertiary/aromatic N) is 1. The summed E-state index contributed by atoms with van der Waals surface area (Å²) in [5.41, 5.74) is 3.06. The summed E-state index contributed by atoms with van der Waals surface area (Å²) in [6.07, 6.45) is 10.5. The van der Waals surface area contributed by atoms with Crippen molar-refractivity contribution in [1.29, 1.82) is 0 Å². The Morgan fingerprint density at radius 2 is 1.86 bits per heavy atom. The lowest BCUT2D eigenvalue weighted by atomic mass is 9.47. The van der Waals surface area contributed by atoms with Crippen LogP contribution in [0.5, 0.6) is 0 Å². The van der Waals surface area contributed by atoms with Crippen molar-refractivity contribution >= 4 is 17.6 Å². The van der Waals surface area contributed by atoms with Crippen molar-refractivity contribution in [2.24, 2.45) is 33.7 Å². The monoisotopic (exact) mass is 494 g/mol. The topological polar surface area (TPSA) is 108 Å². The van der Waals surface area contributed by atoms with Crippen LogP contribution >= 0.6 is 0 Å². The van der Waals surface area contributed by atoms with E-state index in [0.29, 0.717) is 23.3 Å². The molecule has 3 saturated carbocycles. The lowest BCUT2D eigenvalue weighted by Crippen LogP contribution is -2.51.